The molecule has 3 N–H and O–H groups in total. The smallest absolute Gasteiger partial charge is 0.107 e. The number of thiocarbonyl (C=S) groups is 1. The molecule has 0 heterocycles. The highest BCUT2D eigenvalue weighted by Gasteiger charge is 2.09. The average Bonchev–Trinajstić information content (AvgIpc) is 2.28. The van der Waals surface area contributed by atoms with Crippen molar-refractivity contribution in [3.05, 3.63) is 57.5 Å². The summed E-state index contributed by atoms with van der Waals surface area (Å²) in [6, 6.07) is 13.2. The molecule has 0 radical (unpaired) electrons. The highest BCUT2D eigenvalue weighted by molar-refractivity contribution is 9.10. The van der Waals surface area contributed by atoms with Crippen LogP contribution in [-0.4, -0.2) is 4.99 Å². The van der Waals surface area contributed by atoms with Gasteiger partial charge < -0.3 is 11.1 Å². The zero-order valence-corrected chi connectivity index (χ0v) is 12.4. The molecule has 0 aliphatic rings. The first-order valence-corrected chi connectivity index (χ1v) is 6.77. The van der Waals surface area contributed by atoms with E-state index in [9.17, 15) is 0 Å². The number of hydrogen-bond donors (Lipinski definition) is 2. The van der Waals surface area contributed by atoms with E-state index in [-0.39, 0.29) is 0 Å². The van der Waals surface area contributed by atoms with Crippen LogP contribution >= 0.6 is 39.7 Å². The van der Waals surface area contributed by atoms with Crippen molar-refractivity contribution in [2.24, 2.45) is 5.73 Å². The molecular weight excluding hydrogens is 332 g/mol. The van der Waals surface area contributed by atoms with Crippen molar-refractivity contribution in [2.45, 2.75) is 0 Å². The summed E-state index contributed by atoms with van der Waals surface area (Å²) in [6.07, 6.45) is 0. The molecule has 0 aliphatic carbocycles. The molecule has 0 spiro atoms. The number of nitrogens with two attached hydrogens (primary N) is 1. The quantitative estimate of drug-likeness (QED) is 0.808. The van der Waals surface area contributed by atoms with Crippen molar-refractivity contribution in [1.29, 1.82) is 0 Å². The van der Waals surface area contributed by atoms with Crippen LogP contribution in [0, 0.1) is 0 Å². The zero-order chi connectivity index (χ0) is 13.1. The van der Waals surface area contributed by atoms with Gasteiger partial charge in [0.25, 0.3) is 0 Å². The molecule has 18 heavy (non-hydrogen) atoms. The normalized spacial score (nSPS) is 10.1. The number of hydrogen-bond acceptors (Lipinski definition) is 2. The van der Waals surface area contributed by atoms with Gasteiger partial charge in [-0.25, -0.2) is 0 Å². The van der Waals surface area contributed by atoms with Crippen LogP contribution in [0.4, 0.5) is 11.4 Å². The van der Waals surface area contributed by atoms with Gasteiger partial charge in [0.1, 0.15) is 4.99 Å². The Kier molecular flexibility index (Phi) is 4.22. The Morgan fingerprint density at radius 1 is 1.22 bits per heavy atom. The van der Waals surface area contributed by atoms with Gasteiger partial charge in [-0.1, -0.05) is 36.0 Å². The summed E-state index contributed by atoms with van der Waals surface area (Å²) in [6.45, 7) is 0. The van der Waals surface area contributed by atoms with E-state index in [0.717, 1.165) is 21.4 Å². The predicted molar refractivity (Wildman–Crippen MR) is 84.8 cm³/mol. The molecule has 0 amide bonds. The van der Waals surface area contributed by atoms with Gasteiger partial charge in [-0.05, 0) is 46.3 Å². The maximum atomic E-state index is 5.94. The summed E-state index contributed by atoms with van der Waals surface area (Å²) in [5.74, 6) is 0. The number of halogens is 2. The lowest BCUT2D eigenvalue weighted by molar-refractivity contribution is 1.50. The lowest BCUT2D eigenvalue weighted by Gasteiger charge is -2.12. The molecule has 0 atom stereocenters. The first-order valence-electron chi connectivity index (χ1n) is 5.19. The van der Waals surface area contributed by atoms with E-state index in [2.05, 4.69) is 21.2 Å². The van der Waals surface area contributed by atoms with Gasteiger partial charge in [0.05, 0.1) is 0 Å². The Hall–Kier alpha value is -1.10. The van der Waals surface area contributed by atoms with Crippen LogP contribution in [0.3, 0.4) is 0 Å². The molecule has 2 nitrogen and oxygen atoms in total. The molecular formula is C13H10BrClN2S. The predicted octanol–water partition coefficient (Wildman–Crippen LogP) is 4.48. The Labute approximate surface area is 124 Å². The highest BCUT2D eigenvalue weighted by atomic mass is 79.9. The van der Waals surface area contributed by atoms with E-state index in [1.165, 1.54) is 0 Å². The molecule has 0 saturated carbocycles. The monoisotopic (exact) mass is 340 g/mol. The first-order chi connectivity index (χ1) is 8.58. The van der Waals surface area contributed by atoms with Crippen molar-refractivity contribution in [3.8, 4) is 0 Å². The second-order valence-electron chi connectivity index (χ2n) is 3.66. The van der Waals surface area contributed by atoms with Gasteiger partial charge in [-0.2, -0.15) is 0 Å². The fourth-order valence-electron chi connectivity index (χ4n) is 1.60. The number of benzene rings is 2. The van der Waals surface area contributed by atoms with Crippen LogP contribution in [-0.2, 0) is 0 Å². The van der Waals surface area contributed by atoms with Crippen LogP contribution in [0.2, 0.25) is 5.02 Å². The Balaban J connectivity index is 2.40. The SMILES string of the molecule is NC(=S)c1c(Br)cccc1Nc1cccc(Cl)c1. The summed E-state index contributed by atoms with van der Waals surface area (Å²) in [5, 5.41) is 3.93. The second-order valence-corrected chi connectivity index (χ2v) is 5.39. The Morgan fingerprint density at radius 2 is 1.94 bits per heavy atom. The topological polar surface area (TPSA) is 38.0 Å². The van der Waals surface area contributed by atoms with Crippen LogP contribution in [0.15, 0.2) is 46.9 Å². The first kappa shape index (κ1) is 13.3. The molecule has 0 fully saturated rings. The molecule has 5 heteroatoms. The molecule has 92 valence electrons. The fourth-order valence-corrected chi connectivity index (χ4v) is 2.72. The van der Waals surface area contributed by atoms with Gasteiger partial charge in [-0.3, -0.25) is 0 Å². The third-order valence-electron chi connectivity index (χ3n) is 2.36. The van der Waals surface area contributed by atoms with E-state index in [4.69, 9.17) is 29.6 Å². The number of nitrogens with one attached hydrogen (secondary N) is 1. The third kappa shape index (κ3) is 3.02. The van der Waals surface area contributed by atoms with E-state index < -0.39 is 0 Å². The zero-order valence-electron chi connectivity index (χ0n) is 9.28. The van der Waals surface area contributed by atoms with Crippen molar-refractivity contribution < 1.29 is 0 Å². The van der Waals surface area contributed by atoms with E-state index >= 15 is 0 Å². The molecule has 0 bridgehead atoms. The minimum atomic E-state index is 0.340. The summed E-state index contributed by atoms with van der Waals surface area (Å²) < 4.78 is 0.863. The maximum Gasteiger partial charge on any atom is 0.107 e. The summed E-state index contributed by atoms with van der Waals surface area (Å²) in [7, 11) is 0. The highest BCUT2D eigenvalue weighted by Crippen LogP contribution is 2.28. The maximum absolute atomic E-state index is 5.94. The molecule has 0 saturated heterocycles. The van der Waals surface area contributed by atoms with E-state index in [1.54, 1.807) is 0 Å². The van der Waals surface area contributed by atoms with E-state index in [1.807, 2.05) is 42.5 Å². The van der Waals surface area contributed by atoms with Crippen LogP contribution in [0.5, 0.6) is 0 Å². The molecule has 2 aromatic rings. The number of rotatable bonds is 3. The van der Waals surface area contributed by atoms with Crippen molar-refractivity contribution >= 4 is 56.1 Å². The van der Waals surface area contributed by atoms with Gasteiger partial charge in [0, 0.05) is 26.4 Å². The Bertz CT molecular complexity index is 601. The number of anilines is 2. The minimum absolute atomic E-state index is 0.340. The minimum Gasteiger partial charge on any atom is -0.389 e. The third-order valence-corrected chi connectivity index (χ3v) is 3.46. The van der Waals surface area contributed by atoms with Crippen molar-refractivity contribution in [1.82, 2.24) is 0 Å². The second kappa shape index (κ2) is 5.69. The van der Waals surface area contributed by atoms with Gasteiger partial charge in [0.2, 0.25) is 0 Å². The summed E-state index contributed by atoms with van der Waals surface area (Å²) >= 11 is 14.4. The largest absolute Gasteiger partial charge is 0.389 e. The van der Waals surface area contributed by atoms with Gasteiger partial charge in [0.15, 0.2) is 0 Å². The Morgan fingerprint density at radius 3 is 2.61 bits per heavy atom. The average molecular weight is 342 g/mol. The fraction of sp³-hybridized carbons (Fsp3) is 0. The van der Waals surface area contributed by atoms with Gasteiger partial charge >= 0.3 is 0 Å². The molecule has 2 rings (SSSR count). The standard InChI is InChI=1S/C13H10BrClN2S/c14-10-5-2-6-11(12(10)13(16)18)17-9-4-1-3-8(15)7-9/h1-7,17H,(H2,16,18). The molecule has 0 aromatic heterocycles. The van der Waals surface area contributed by atoms with Crippen LogP contribution in [0.1, 0.15) is 5.56 Å². The van der Waals surface area contributed by atoms with E-state index in [0.29, 0.717) is 10.0 Å². The molecule has 0 aliphatic heterocycles. The lowest BCUT2D eigenvalue weighted by atomic mass is 10.1. The van der Waals surface area contributed by atoms with Crippen molar-refractivity contribution in [3.63, 3.8) is 0 Å². The van der Waals surface area contributed by atoms with Crippen LogP contribution in [0.25, 0.3) is 0 Å². The van der Waals surface area contributed by atoms with Gasteiger partial charge in [-0.15, -0.1) is 0 Å². The summed E-state index contributed by atoms with van der Waals surface area (Å²) in [5.41, 5.74) is 8.25. The molecule has 2 aromatic carbocycles. The summed E-state index contributed by atoms with van der Waals surface area (Å²) in [4.78, 5) is 0.340. The molecule has 0 unspecified atom stereocenters. The van der Waals surface area contributed by atoms with Crippen LogP contribution < -0.4 is 11.1 Å². The lowest BCUT2D eigenvalue weighted by Crippen LogP contribution is -2.12. The van der Waals surface area contributed by atoms with Crippen molar-refractivity contribution in [2.75, 3.05) is 5.32 Å².